The molecule has 1 aromatic heterocycles. The van der Waals surface area contributed by atoms with Gasteiger partial charge in [0, 0.05) is 24.2 Å². The van der Waals surface area contributed by atoms with E-state index in [1.807, 2.05) is 23.6 Å². The fraction of sp³-hybridized carbons (Fsp3) is 0.182. The highest BCUT2D eigenvalue weighted by Gasteiger charge is 2.09. The van der Waals surface area contributed by atoms with Gasteiger partial charge in [0.05, 0.1) is 11.4 Å². The average Bonchev–Trinajstić information content (AvgIpc) is 2.89. The molecule has 86 valence electrons. The Labute approximate surface area is 102 Å². The highest BCUT2D eigenvalue weighted by Crippen LogP contribution is 2.32. The number of nitrogens with one attached hydrogen (secondary N) is 1. The average molecular weight is 246 g/mol. The number of aromatic nitrogens is 1. The lowest BCUT2D eigenvalue weighted by molar-refractivity contribution is 0.323. The molecule has 0 amide bonds. The maximum Gasteiger partial charge on any atom is 0.229 e. The van der Waals surface area contributed by atoms with Crippen molar-refractivity contribution in [1.82, 2.24) is 4.98 Å². The molecule has 1 aliphatic rings. The van der Waals surface area contributed by atoms with Gasteiger partial charge in [-0.05, 0) is 12.1 Å². The zero-order chi connectivity index (χ0) is 11.5. The molecule has 5 nitrogen and oxygen atoms in total. The molecule has 17 heavy (non-hydrogen) atoms. The van der Waals surface area contributed by atoms with E-state index in [-0.39, 0.29) is 0 Å². The molecule has 0 spiro atoms. The number of nitrogens with zero attached hydrogens (tertiary/aromatic N) is 3. The monoisotopic (exact) mass is 246 g/mol. The lowest BCUT2D eigenvalue weighted by Gasteiger charge is -2.18. The first-order valence-electron chi connectivity index (χ1n) is 5.24. The first-order chi connectivity index (χ1) is 8.42. The normalized spacial score (nSPS) is 14.1. The minimum Gasteiger partial charge on any atom is -0.490 e. The first kappa shape index (κ1) is 10.2. The van der Waals surface area contributed by atoms with Gasteiger partial charge in [-0.15, -0.1) is 21.6 Å². The third-order valence-corrected chi connectivity index (χ3v) is 2.97. The summed E-state index contributed by atoms with van der Waals surface area (Å²) >= 11 is 1.46. The van der Waals surface area contributed by atoms with E-state index in [1.165, 1.54) is 11.3 Å². The molecular weight excluding hydrogens is 236 g/mol. The van der Waals surface area contributed by atoms with Crippen LogP contribution in [0.5, 0.6) is 5.75 Å². The summed E-state index contributed by atoms with van der Waals surface area (Å²) in [6.07, 6.45) is 1.71. The highest BCUT2D eigenvalue weighted by atomic mass is 32.1. The molecule has 0 aliphatic carbocycles. The quantitative estimate of drug-likeness (QED) is 0.826. The number of hydrogen-bond donors (Lipinski definition) is 1. The topological polar surface area (TPSA) is 58.9 Å². The maximum absolute atomic E-state index is 5.52. The molecule has 1 aliphatic heterocycles. The molecule has 1 N–H and O–H groups in total. The Morgan fingerprint density at radius 3 is 3.24 bits per heavy atom. The molecule has 6 heteroatoms. The standard InChI is InChI=1S/C11H10N4OS/c1-2-9-10(16-5-3-12-9)7-8(1)14-15-11-13-4-6-17-11/h1-2,4,6-7,12H,3,5H2. The number of hydrogen-bond acceptors (Lipinski definition) is 6. The fourth-order valence-corrected chi connectivity index (χ4v) is 2.00. The van der Waals surface area contributed by atoms with Gasteiger partial charge in [0.25, 0.3) is 0 Å². The van der Waals surface area contributed by atoms with Gasteiger partial charge in [0.1, 0.15) is 12.4 Å². The van der Waals surface area contributed by atoms with Gasteiger partial charge in [-0.3, -0.25) is 0 Å². The van der Waals surface area contributed by atoms with Crippen LogP contribution in [0.4, 0.5) is 16.5 Å². The number of ether oxygens (including phenoxy) is 1. The van der Waals surface area contributed by atoms with Crippen LogP contribution in [0.1, 0.15) is 0 Å². The van der Waals surface area contributed by atoms with Crippen molar-refractivity contribution in [1.29, 1.82) is 0 Å². The molecule has 0 saturated heterocycles. The zero-order valence-corrected chi connectivity index (χ0v) is 9.78. The van der Waals surface area contributed by atoms with Crippen molar-refractivity contribution >= 4 is 27.8 Å². The smallest absolute Gasteiger partial charge is 0.229 e. The van der Waals surface area contributed by atoms with Crippen LogP contribution in [0.2, 0.25) is 0 Å². The van der Waals surface area contributed by atoms with Crippen LogP contribution in [0, 0.1) is 0 Å². The minimum absolute atomic E-state index is 0.654. The number of thiazole rings is 1. The van der Waals surface area contributed by atoms with Crippen molar-refractivity contribution in [2.45, 2.75) is 0 Å². The number of azo groups is 1. The van der Waals surface area contributed by atoms with Gasteiger partial charge < -0.3 is 10.1 Å². The second-order valence-electron chi connectivity index (χ2n) is 3.47. The summed E-state index contributed by atoms with van der Waals surface area (Å²) in [6.45, 7) is 1.52. The minimum atomic E-state index is 0.654. The van der Waals surface area contributed by atoms with E-state index < -0.39 is 0 Å². The molecule has 0 radical (unpaired) electrons. The third-order valence-electron chi connectivity index (χ3n) is 2.31. The highest BCUT2D eigenvalue weighted by molar-refractivity contribution is 7.13. The van der Waals surface area contributed by atoms with Gasteiger partial charge in [-0.2, -0.15) is 0 Å². The van der Waals surface area contributed by atoms with E-state index in [4.69, 9.17) is 4.74 Å². The molecule has 0 fully saturated rings. The van der Waals surface area contributed by atoms with Crippen LogP contribution in [-0.4, -0.2) is 18.1 Å². The predicted octanol–water partition coefficient (Wildman–Crippen LogP) is 3.36. The van der Waals surface area contributed by atoms with E-state index >= 15 is 0 Å². The molecule has 0 atom stereocenters. The second kappa shape index (κ2) is 4.50. The van der Waals surface area contributed by atoms with E-state index in [1.54, 1.807) is 6.20 Å². The molecule has 2 aromatic rings. The summed E-state index contributed by atoms with van der Waals surface area (Å²) in [7, 11) is 0. The largest absolute Gasteiger partial charge is 0.490 e. The Balaban J connectivity index is 1.84. The molecular formula is C11H10N4OS. The van der Waals surface area contributed by atoms with E-state index in [9.17, 15) is 0 Å². The Kier molecular flexibility index (Phi) is 2.71. The fourth-order valence-electron chi connectivity index (χ4n) is 1.55. The molecule has 0 unspecified atom stereocenters. The summed E-state index contributed by atoms with van der Waals surface area (Å²) in [4.78, 5) is 4.03. The van der Waals surface area contributed by atoms with E-state index in [0.717, 1.165) is 23.7 Å². The van der Waals surface area contributed by atoms with Crippen LogP contribution in [-0.2, 0) is 0 Å². The SMILES string of the molecule is c1csc(N=Nc2ccc3c(c2)OCCN3)n1. The Morgan fingerprint density at radius 1 is 1.35 bits per heavy atom. The van der Waals surface area contributed by atoms with Crippen LogP contribution < -0.4 is 10.1 Å². The van der Waals surface area contributed by atoms with Crippen LogP contribution >= 0.6 is 11.3 Å². The molecule has 1 aromatic carbocycles. The van der Waals surface area contributed by atoms with Crippen LogP contribution in [0.25, 0.3) is 0 Å². The Bertz CT molecular complexity index is 538. The Morgan fingerprint density at radius 2 is 2.35 bits per heavy atom. The molecule has 3 rings (SSSR count). The van der Waals surface area contributed by atoms with Gasteiger partial charge in [0.15, 0.2) is 0 Å². The summed E-state index contributed by atoms with van der Waals surface area (Å²) in [6, 6.07) is 5.72. The van der Waals surface area contributed by atoms with Crippen molar-refractivity contribution in [3.05, 3.63) is 29.8 Å². The summed E-state index contributed by atoms with van der Waals surface area (Å²) < 4.78 is 5.52. The lowest BCUT2D eigenvalue weighted by atomic mass is 10.2. The molecule has 0 saturated carbocycles. The van der Waals surface area contributed by atoms with Crippen molar-refractivity contribution in [3.63, 3.8) is 0 Å². The Hall–Kier alpha value is -1.95. The lowest BCUT2D eigenvalue weighted by Crippen LogP contribution is -2.17. The first-order valence-corrected chi connectivity index (χ1v) is 6.12. The van der Waals surface area contributed by atoms with E-state index in [0.29, 0.717) is 11.7 Å². The second-order valence-corrected chi connectivity index (χ2v) is 4.34. The number of rotatable bonds is 2. The predicted molar refractivity (Wildman–Crippen MR) is 66.7 cm³/mol. The third kappa shape index (κ3) is 2.26. The van der Waals surface area contributed by atoms with Crippen molar-refractivity contribution < 1.29 is 4.74 Å². The van der Waals surface area contributed by atoms with Gasteiger partial charge in [0.2, 0.25) is 5.13 Å². The summed E-state index contributed by atoms with van der Waals surface area (Å²) in [5.74, 6) is 0.826. The van der Waals surface area contributed by atoms with E-state index in [2.05, 4.69) is 20.5 Å². The number of anilines is 1. The van der Waals surface area contributed by atoms with Gasteiger partial charge >= 0.3 is 0 Å². The van der Waals surface area contributed by atoms with Crippen molar-refractivity contribution in [3.8, 4) is 5.75 Å². The van der Waals surface area contributed by atoms with Crippen molar-refractivity contribution in [2.75, 3.05) is 18.5 Å². The number of fused-ring (bicyclic) bond motifs is 1. The van der Waals surface area contributed by atoms with Crippen LogP contribution in [0.3, 0.4) is 0 Å². The zero-order valence-electron chi connectivity index (χ0n) is 8.96. The van der Waals surface area contributed by atoms with Gasteiger partial charge in [-0.25, -0.2) is 4.98 Å². The summed E-state index contributed by atoms with van der Waals surface area (Å²) in [5.41, 5.74) is 1.77. The van der Waals surface area contributed by atoms with Crippen molar-refractivity contribution in [2.24, 2.45) is 10.2 Å². The molecule has 0 bridgehead atoms. The molecule has 2 heterocycles. The van der Waals surface area contributed by atoms with Gasteiger partial charge in [-0.1, -0.05) is 0 Å². The number of benzene rings is 1. The van der Waals surface area contributed by atoms with Crippen LogP contribution in [0.15, 0.2) is 40.0 Å². The maximum atomic E-state index is 5.52. The summed E-state index contributed by atoms with van der Waals surface area (Å²) in [5, 5.41) is 13.9.